The van der Waals surface area contributed by atoms with E-state index in [1.165, 1.54) is 5.56 Å². The maximum atomic E-state index is 12.9. The predicted molar refractivity (Wildman–Crippen MR) is 128 cm³/mol. The number of piperazine rings is 1. The SMILES string of the molecule is O=C(CN1CCN(C(=O)Oc2ccccc2)CC1)NC(Cc1ccccc1)c1ccccc1. The highest BCUT2D eigenvalue weighted by Crippen LogP contribution is 2.18. The molecule has 0 aliphatic carbocycles. The molecule has 33 heavy (non-hydrogen) atoms. The Labute approximate surface area is 194 Å². The van der Waals surface area contributed by atoms with Gasteiger partial charge in [0.05, 0.1) is 12.6 Å². The summed E-state index contributed by atoms with van der Waals surface area (Å²) in [5.74, 6) is 0.523. The Balaban J connectivity index is 1.29. The summed E-state index contributed by atoms with van der Waals surface area (Å²) in [5.41, 5.74) is 2.26. The van der Waals surface area contributed by atoms with Crippen LogP contribution in [0.25, 0.3) is 0 Å². The molecule has 4 rings (SSSR count). The number of rotatable bonds is 7. The average molecular weight is 444 g/mol. The van der Waals surface area contributed by atoms with Gasteiger partial charge in [-0.15, -0.1) is 0 Å². The lowest BCUT2D eigenvalue weighted by Gasteiger charge is -2.33. The quantitative estimate of drug-likeness (QED) is 0.602. The van der Waals surface area contributed by atoms with E-state index in [0.717, 1.165) is 12.0 Å². The molecule has 0 spiro atoms. The van der Waals surface area contributed by atoms with Crippen molar-refractivity contribution >= 4 is 12.0 Å². The van der Waals surface area contributed by atoms with E-state index in [-0.39, 0.29) is 18.0 Å². The number of carbonyl (C=O) groups is 2. The van der Waals surface area contributed by atoms with Gasteiger partial charge in [-0.3, -0.25) is 9.69 Å². The number of amides is 2. The van der Waals surface area contributed by atoms with Gasteiger partial charge in [0.15, 0.2) is 0 Å². The van der Waals surface area contributed by atoms with Gasteiger partial charge < -0.3 is 15.0 Å². The third kappa shape index (κ3) is 6.67. The molecule has 0 aromatic heterocycles. The molecule has 1 fully saturated rings. The molecule has 6 heteroatoms. The second-order valence-electron chi connectivity index (χ2n) is 8.16. The summed E-state index contributed by atoms with van der Waals surface area (Å²) in [6, 6.07) is 29.2. The summed E-state index contributed by atoms with van der Waals surface area (Å²) in [5, 5.41) is 3.21. The van der Waals surface area contributed by atoms with E-state index in [4.69, 9.17) is 4.74 Å². The van der Waals surface area contributed by atoms with Gasteiger partial charge >= 0.3 is 6.09 Å². The average Bonchev–Trinajstić information content (AvgIpc) is 2.86. The number of hydrogen-bond acceptors (Lipinski definition) is 4. The van der Waals surface area contributed by atoms with Gasteiger partial charge in [0.1, 0.15) is 5.75 Å². The molecule has 0 radical (unpaired) electrons. The van der Waals surface area contributed by atoms with Crippen LogP contribution in [-0.2, 0) is 11.2 Å². The highest BCUT2D eigenvalue weighted by molar-refractivity contribution is 5.78. The van der Waals surface area contributed by atoms with Crippen LogP contribution in [0, 0.1) is 0 Å². The van der Waals surface area contributed by atoms with Gasteiger partial charge in [-0.1, -0.05) is 78.9 Å². The second kappa shape index (κ2) is 11.3. The van der Waals surface area contributed by atoms with Crippen molar-refractivity contribution < 1.29 is 14.3 Å². The number of hydrogen-bond donors (Lipinski definition) is 1. The molecule has 1 atom stereocenters. The zero-order chi connectivity index (χ0) is 22.9. The molecule has 3 aromatic carbocycles. The monoisotopic (exact) mass is 443 g/mol. The lowest BCUT2D eigenvalue weighted by atomic mass is 9.99. The molecule has 0 bridgehead atoms. The fraction of sp³-hybridized carbons (Fsp3) is 0.259. The van der Waals surface area contributed by atoms with Crippen LogP contribution in [-0.4, -0.2) is 54.5 Å². The van der Waals surface area contributed by atoms with E-state index in [9.17, 15) is 9.59 Å². The largest absolute Gasteiger partial charge is 0.415 e. The first-order chi connectivity index (χ1) is 16.2. The van der Waals surface area contributed by atoms with Crippen molar-refractivity contribution in [3.05, 3.63) is 102 Å². The predicted octanol–water partition coefficient (Wildman–Crippen LogP) is 3.90. The van der Waals surface area contributed by atoms with Crippen molar-refractivity contribution in [3.63, 3.8) is 0 Å². The Hall–Kier alpha value is -3.64. The molecule has 0 saturated carbocycles. The van der Waals surface area contributed by atoms with Crippen LogP contribution in [0.3, 0.4) is 0 Å². The molecule has 1 aliphatic heterocycles. The molecular formula is C27H29N3O3. The Morgan fingerprint density at radius 3 is 2.00 bits per heavy atom. The number of nitrogens with one attached hydrogen (secondary N) is 1. The summed E-state index contributed by atoms with van der Waals surface area (Å²) >= 11 is 0. The van der Waals surface area contributed by atoms with Gasteiger partial charge in [-0.05, 0) is 29.7 Å². The molecule has 3 aromatic rings. The molecule has 1 N–H and O–H groups in total. The number of para-hydroxylation sites is 1. The molecule has 170 valence electrons. The summed E-state index contributed by atoms with van der Waals surface area (Å²) in [6.07, 6.45) is 0.382. The molecule has 1 aliphatic rings. The van der Waals surface area contributed by atoms with E-state index in [1.54, 1.807) is 17.0 Å². The van der Waals surface area contributed by atoms with Crippen LogP contribution in [0.4, 0.5) is 4.79 Å². The lowest BCUT2D eigenvalue weighted by molar-refractivity contribution is -0.123. The Morgan fingerprint density at radius 1 is 0.788 bits per heavy atom. The number of nitrogens with zero attached hydrogens (tertiary/aromatic N) is 2. The van der Waals surface area contributed by atoms with Gasteiger partial charge in [-0.2, -0.15) is 0 Å². The van der Waals surface area contributed by atoms with Crippen molar-refractivity contribution in [2.75, 3.05) is 32.7 Å². The lowest BCUT2D eigenvalue weighted by Crippen LogP contribution is -2.52. The van der Waals surface area contributed by atoms with Gasteiger partial charge in [-0.25, -0.2) is 4.79 Å². The summed E-state index contributed by atoms with van der Waals surface area (Å²) in [4.78, 5) is 29.0. The minimum Gasteiger partial charge on any atom is -0.410 e. The summed E-state index contributed by atoms with van der Waals surface area (Å²) < 4.78 is 5.42. The summed E-state index contributed by atoms with van der Waals surface area (Å²) in [7, 11) is 0. The maximum Gasteiger partial charge on any atom is 0.415 e. The van der Waals surface area contributed by atoms with Crippen molar-refractivity contribution in [1.82, 2.24) is 15.1 Å². The first kappa shape index (κ1) is 22.6. The van der Waals surface area contributed by atoms with Crippen molar-refractivity contribution in [2.24, 2.45) is 0 Å². The highest BCUT2D eigenvalue weighted by atomic mass is 16.6. The topological polar surface area (TPSA) is 61.9 Å². The molecule has 1 heterocycles. The fourth-order valence-corrected chi connectivity index (χ4v) is 3.97. The molecule has 2 amide bonds. The first-order valence-electron chi connectivity index (χ1n) is 11.3. The number of benzene rings is 3. The zero-order valence-electron chi connectivity index (χ0n) is 18.6. The van der Waals surface area contributed by atoms with E-state index in [2.05, 4.69) is 22.3 Å². The van der Waals surface area contributed by atoms with Crippen LogP contribution in [0.2, 0.25) is 0 Å². The maximum absolute atomic E-state index is 12.9. The van der Waals surface area contributed by atoms with E-state index in [0.29, 0.717) is 38.5 Å². The normalized spacial score (nSPS) is 15.0. The fourth-order valence-electron chi connectivity index (χ4n) is 3.97. The van der Waals surface area contributed by atoms with Gasteiger partial charge in [0.25, 0.3) is 0 Å². The smallest absolute Gasteiger partial charge is 0.410 e. The van der Waals surface area contributed by atoms with Crippen LogP contribution >= 0.6 is 0 Å². The summed E-state index contributed by atoms with van der Waals surface area (Å²) in [6.45, 7) is 2.63. The Kier molecular flexibility index (Phi) is 7.72. The van der Waals surface area contributed by atoms with E-state index in [1.807, 2.05) is 66.7 Å². The third-order valence-corrected chi connectivity index (χ3v) is 5.77. The highest BCUT2D eigenvalue weighted by Gasteiger charge is 2.24. The van der Waals surface area contributed by atoms with Crippen molar-refractivity contribution in [2.45, 2.75) is 12.5 Å². The number of ether oxygens (including phenoxy) is 1. The standard InChI is InChI=1S/C27H29N3O3/c31-26(28-25(23-12-6-2-7-13-23)20-22-10-4-1-5-11-22)21-29-16-18-30(19-17-29)27(32)33-24-14-8-3-9-15-24/h1-15,25H,16-21H2,(H,28,31). The Morgan fingerprint density at radius 2 is 1.36 bits per heavy atom. The van der Waals surface area contributed by atoms with Crippen molar-refractivity contribution in [1.29, 1.82) is 0 Å². The molecular weight excluding hydrogens is 414 g/mol. The van der Waals surface area contributed by atoms with Crippen LogP contribution < -0.4 is 10.1 Å². The molecule has 1 unspecified atom stereocenters. The molecule has 1 saturated heterocycles. The minimum atomic E-state index is -0.350. The third-order valence-electron chi connectivity index (χ3n) is 5.77. The number of carbonyl (C=O) groups excluding carboxylic acids is 2. The van der Waals surface area contributed by atoms with Crippen molar-refractivity contribution in [3.8, 4) is 5.75 Å². The zero-order valence-corrected chi connectivity index (χ0v) is 18.6. The molecule has 6 nitrogen and oxygen atoms in total. The van der Waals surface area contributed by atoms with E-state index < -0.39 is 0 Å². The Bertz CT molecular complexity index is 1020. The minimum absolute atomic E-state index is 0.0138. The van der Waals surface area contributed by atoms with Crippen LogP contribution in [0.15, 0.2) is 91.0 Å². The first-order valence-corrected chi connectivity index (χ1v) is 11.3. The second-order valence-corrected chi connectivity index (χ2v) is 8.16. The van der Waals surface area contributed by atoms with E-state index >= 15 is 0 Å². The van der Waals surface area contributed by atoms with Gasteiger partial charge in [0, 0.05) is 26.2 Å². The van der Waals surface area contributed by atoms with Gasteiger partial charge in [0.2, 0.25) is 5.91 Å². The van der Waals surface area contributed by atoms with Crippen LogP contribution in [0.1, 0.15) is 17.2 Å². The van der Waals surface area contributed by atoms with Crippen LogP contribution in [0.5, 0.6) is 5.75 Å².